The summed E-state index contributed by atoms with van der Waals surface area (Å²) < 4.78 is 44.6. The molecule has 128 valence electrons. The number of ether oxygens (including phenoxy) is 1. The van der Waals surface area contributed by atoms with Crippen LogP contribution in [0.2, 0.25) is 0 Å². The quantitative estimate of drug-likeness (QED) is 0.516. The maximum atomic E-state index is 13.3. The third-order valence-corrected chi connectivity index (χ3v) is 3.55. The molecule has 0 aliphatic heterocycles. The van der Waals surface area contributed by atoms with Gasteiger partial charge in [-0.25, -0.2) is 0 Å². The van der Waals surface area contributed by atoms with Crippen LogP contribution in [0.4, 0.5) is 13.2 Å². The van der Waals surface area contributed by atoms with Crippen LogP contribution in [0.25, 0.3) is 10.8 Å². The average molecular weight is 340 g/mol. The van der Waals surface area contributed by atoms with E-state index in [4.69, 9.17) is 0 Å². The van der Waals surface area contributed by atoms with Gasteiger partial charge in [0.25, 0.3) is 0 Å². The largest absolute Gasteiger partial charge is 0.465 e. The van der Waals surface area contributed by atoms with Crippen LogP contribution in [0.5, 0.6) is 0 Å². The van der Waals surface area contributed by atoms with Crippen LogP contribution >= 0.6 is 0 Å². The lowest BCUT2D eigenvalue weighted by molar-refractivity contribution is -0.147. The Kier molecular flexibility index (Phi) is 5.23. The van der Waals surface area contributed by atoms with Crippen LogP contribution in [-0.4, -0.2) is 30.1 Å². The Labute approximate surface area is 135 Å². The fourth-order valence-corrected chi connectivity index (χ4v) is 2.45. The summed E-state index contributed by atoms with van der Waals surface area (Å²) in [6, 6.07) is 8.11. The topological polar surface area (TPSA) is 63.6 Å². The molecule has 2 rings (SSSR count). The summed E-state index contributed by atoms with van der Waals surface area (Å²) in [7, 11) is 0. The number of carbonyl (C=O) groups excluding carboxylic acids is 2. The second kappa shape index (κ2) is 7.00. The number of aliphatic hydroxyl groups is 1. The van der Waals surface area contributed by atoms with Crippen LogP contribution in [0.3, 0.4) is 0 Å². The lowest BCUT2D eigenvalue weighted by Crippen LogP contribution is -2.31. The summed E-state index contributed by atoms with van der Waals surface area (Å²) >= 11 is 0. The zero-order valence-corrected chi connectivity index (χ0v) is 12.8. The third-order valence-electron chi connectivity index (χ3n) is 3.55. The smallest absolute Gasteiger partial charge is 0.417 e. The van der Waals surface area contributed by atoms with Crippen molar-refractivity contribution < 1.29 is 32.6 Å². The first-order valence-electron chi connectivity index (χ1n) is 7.21. The summed E-state index contributed by atoms with van der Waals surface area (Å²) in [5.74, 6) is -3.86. The summed E-state index contributed by atoms with van der Waals surface area (Å²) in [6.45, 7) is 0.512. The zero-order chi connectivity index (χ0) is 17.9. The van der Waals surface area contributed by atoms with E-state index in [-0.39, 0.29) is 12.0 Å². The highest BCUT2D eigenvalue weighted by Gasteiger charge is 2.39. The molecular weight excluding hydrogens is 325 g/mol. The number of Topliss-reactive ketones (excluding diaryl/α,β-unsaturated/α-hetero) is 1. The number of benzene rings is 2. The molecule has 1 atom stereocenters. The van der Waals surface area contributed by atoms with E-state index in [9.17, 15) is 27.9 Å². The molecule has 7 heteroatoms. The van der Waals surface area contributed by atoms with Gasteiger partial charge in [-0.1, -0.05) is 30.3 Å². The van der Waals surface area contributed by atoms with Crippen LogP contribution in [0, 0.1) is 5.92 Å². The van der Waals surface area contributed by atoms with Gasteiger partial charge in [0.1, 0.15) is 5.92 Å². The number of fused-ring (bicyclic) bond motifs is 1. The predicted molar refractivity (Wildman–Crippen MR) is 80.5 cm³/mol. The number of halogens is 3. The van der Waals surface area contributed by atoms with Gasteiger partial charge >= 0.3 is 12.1 Å². The predicted octanol–water partition coefficient (Wildman–Crippen LogP) is 3.21. The molecule has 0 saturated carbocycles. The molecule has 0 aliphatic carbocycles. The molecule has 0 bridgehead atoms. The van der Waals surface area contributed by atoms with Crippen molar-refractivity contribution in [1.82, 2.24) is 0 Å². The minimum absolute atomic E-state index is 0.0513. The molecule has 0 heterocycles. The van der Waals surface area contributed by atoms with Gasteiger partial charge in [0.15, 0.2) is 5.78 Å². The molecule has 0 aromatic heterocycles. The van der Waals surface area contributed by atoms with Crippen molar-refractivity contribution in [3.63, 3.8) is 0 Å². The number of alkyl halides is 3. The number of ketones is 1. The van der Waals surface area contributed by atoms with Crippen LogP contribution in [0.1, 0.15) is 22.8 Å². The lowest BCUT2D eigenvalue weighted by atomic mass is 9.89. The standard InChI is InChI=1S/C17H15F3O4/c1-2-24-16(23)12(9-21)15(22)14-11-6-4-3-5-10(11)7-8-13(14)17(18,19)20/h3-8,12,21H,2,9H2,1H3. The highest BCUT2D eigenvalue weighted by atomic mass is 19.4. The van der Waals surface area contributed by atoms with Crippen molar-refractivity contribution in [2.45, 2.75) is 13.1 Å². The van der Waals surface area contributed by atoms with E-state index in [1.54, 1.807) is 12.1 Å². The molecule has 2 aromatic rings. The summed E-state index contributed by atoms with van der Waals surface area (Å²) in [5.41, 5.74) is -1.78. The van der Waals surface area contributed by atoms with Gasteiger partial charge in [0.2, 0.25) is 0 Å². The molecule has 1 N–H and O–H groups in total. The number of carbonyl (C=O) groups is 2. The Balaban J connectivity index is 2.68. The molecule has 0 amide bonds. The molecule has 0 spiro atoms. The van der Waals surface area contributed by atoms with Crippen LogP contribution in [0.15, 0.2) is 36.4 Å². The highest BCUT2D eigenvalue weighted by molar-refractivity contribution is 6.16. The van der Waals surface area contributed by atoms with E-state index in [1.165, 1.54) is 25.1 Å². The molecule has 1 unspecified atom stereocenters. The number of esters is 1. The van der Waals surface area contributed by atoms with Crippen molar-refractivity contribution in [1.29, 1.82) is 0 Å². The number of hydrogen-bond acceptors (Lipinski definition) is 4. The van der Waals surface area contributed by atoms with E-state index in [2.05, 4.69) is 4.74 Å². The van der Waals surface area contributed by atoms with E-state index < -0.39 is 41.6 Å². The zero-order valence-electron chi connectivity index (χ0n) is 12.8. The second-order valence-electron chi connectivity index (χ2n) is 5.06. The van der Waals surface area contributed by atoms with Gasteiger partial charge in [-0.2, -0.15) is 13.2 Å². The first kappa shape index (κ1) is 17.9. The van der Waals surface area contributed by atoms with Gasteiger partial charge in [-0.05, 0) is 23.8 Å². The second-order valence-corrected chi connectivity index (χ2v) is 5.06. The average Bonchev–Trinajstić information content (AvgIpc) is 2.53. The van der Waals surface area contributed by atoms with Gasteiger partial charge in [0.05, 0.1) is 18.8 Å². The van der Waals surface area contributed by atoms with E-state index in [0.717, 1.165) is 6.07 Å². The molecule has 0 fully saturated rings. The Bertz CT molecular complexity index is 768. The summed E-state index contributed by atoms with van der Waals surface area (Å²) in [6.07, 6.45) is -4.77. The lowest BCUT2D eigenvalue weighted by Gasteiger charge is -2.18. The van der Waals surface area contributed by atoms with E-state index in [0.29, 0.717) is 5.39 Å². The number of hydrogen-bond donors (Lipinski definition) is 1. The molecule has 0 aliphatic rings. The van der Waals surface area contributed by atoms with Crippen molar-refractivity contribution >= 4 is 22.5 Å². The minimum Gasteiger partial charge on any atom is -0.465 e. The number of rotatable bonds is 5. The Morgan fingerprint density at radius 3 is 2.42 bits per heavy atom. The van der Waals surface area contributed by atoms with Crippen molar-refractivity contribution in [2.75, 3.05) is 13.2 Å². The van der Waals surface area contributed by atoms with Crippen LogP contribution < -0.4 is 0 Å². The summed E-state index contributed by atoms with van der Waals surface area (Å²) in [5, 5.41) is 9.81. The van der Waals surface area contributed by atoms with Gasteiger partial charge in [-0.3, -0.25) is 9.59 Å². The molecule has 24 heavy (non-hydrogen) atoms. The first-order chi connectivity index (χ1) is 11.3. The van der Waals surface area contributed by atoms with E-state index >= 15 is 0 Å². The maximum absolute atomic E-state index is 13.3. The van der Waals surface area contributed by atoms with Gasteiger partial charge in [0, 0.05) is 5.56 Å². The molecule has 2 aromatic carbocycles. The van der Waals surface area contributed by atoms with E-state index in [1.807, 2.05) is 0 Å². The van der Waals surface area contributed by atoms with Crippen molar-refractivity contribution in [3.05, 3.63) is 47.5 Å². The van der Waals surface area contributed by atoms with Crippen molar-refractivity contribution in [3.8, 4) is 0 Å². The monoisotopic (exact) mass is 340 g/mol. The van der Waals surface area contributed by atoms with Gasteiger partial charge < -0.3 is 9.84 Å². The third kappa shape index (κ3) is 3.41. The molecular formula is C17H15F3O4. The Morgan fingerprint density at radius 1 is 1.17 bits per heavy atom. The Hall–Kier alpha value is -2.41. The van der Waals surface area contributed by atoms with Crippen molar-refractivity contribution in [2.24, 2.45) is 5.92 Å². The normalized spacial score (nSPS) is 12.9. The molecule has 4 nitrogen and oxygen atoms in total. The first-order valence-corrected chi connectivity index (χ1v) is 7.21. The SMILES string of the molecule is CCOC(=O)C(CO)C(=O)c1c(C(F)(F)F)ccc2ccccc12. The highest BCUT2D eigenvalue weighted by Crippen LogP contribution is 2.36. The minimum atomic E-state index is -4.77. The fraction of sp³-hybridized carbons (Fsp3) is 0.294. The Morgan fingerprint density at radius 2 is 1.83 bits per heavy atom. The molecule has 0 radical (unpaired) electrons. The summed E-state index contributed by atoms with van der Waals surface area (Å²) in [4.78, 5) is 24.4. The fourth-order valence-electron chi connectivity index (χ4n) is 2.45. The maximum Gasteiger partial charge on any atom is 0.417 e. The molecule has 0 saturated heterocycles. The van der Waals surface area contributed by atoms with Crippen LogP contribution in [-0.2, 0) is 15.7 Å². The number of aliphatic hydroxyl groups excluding tert-OH is 1. The van der Waals surface area contributed by atoms with Gasteiger partial charge in [-0.15, -0.1) is 0 Å².